The van der Waals surface area contributed by atoms with E-state index >= 15 is 0 Å². The molecule has 0 saturated carbocycles. The van der Waals surface area contributed by atoms with Crippen LogP contribution in [0.1, 0.15) is 19.8 Å². The Hall–Kier alpha value is 1.10. The fraction of sp³-hybridized carbons (Fsp3) is 0.667. The van der Waals surface area contributed by atoms with Crippen LogP contribution in [0, 0.1) is 19.8 Å². The van der Waals surface area contributed by atoms with Gasteiger partial charge in [-0.05, 0) is 0 Å². The van der Waals surface area contributed by atoms with E-state index < -0.39 is 0 Å². The monoisotopic (exact) mass is 173 g/mol. The predicted molar refractivity (Wildman–Crippen MR) is 29.1 cm³/mol. The first-order valence-corrected chi connectivity index (χ1v) is 2.43. The van der Waals surface area contributed by atoms with Gasteiger partial charge in [-0.3, -0.25) is 0 Å². The van der Waals surface area contributed by atoms with Crippen LogP contribution in [-0.4, -0.2) is 0 Å². The molecule has 0 aromatic carbocycles. The van der Waals surface area contributed by atoms with Gasteiger partial charge in [0.15, 0.2) is 0 Å². The molecular weight excluding hydrogens is 161 g/mol. The van der Waals surface area contributed by atoms with Gasteiger partial charge in [0.05, 0.1) is 0 Å². The van der Waals surface area contributed by atoms with Crippen molar-refractivity contribution in [1.82, 2.24) is 0 Å². The van der Waals surface area contributed by atoms with Crippen LogP contribution in [0.25, 0.3) is 0 Å². The van der Waals surface area contributed by atoms with Gasteiger partial charge in [0.2, 0.25) is 0 Å². The molecule has 0 unspecified atom stereocenters. The van der Waals surface area contributed by atoms with Crippen molar-refractivity contribution in [1.29, 1.82) is 0 Å². The first-order chi connectivity index (χ1) is 2.77. The third kappa shape index (κ3) is 11.0. The Morgan fingerprint density at radius 3 is 1.86 bits per heavy atom. The van der Waals surface area contributed by atoms with Crippen LogP contribution in [-0.2, 0) is 32.7 Å². The maximum atomic E-state index is 3.72. The Labute approximate surface area is 71.9 Å². The van der Waals surface area contributed by atoms with Crippen LogP contribution < -0.4 is 0 Å². The molecule has 0 heterocycles. The molecule has 0 fully saturated rings. The Kier molecular flexibility index (Phi) is 11.1. The molecular formula is C6H12Y-2. The zero-order chi connectivity index (χ0) is 4.99. The minimum absolute atomic E-state index is 0. The molecule has 0 aliphatic rings. The van der Waals surface area contributed by atoms with E-state index in [9.17, 15) is 0 Å². The number of hydrogen-bond donors (Lipinski definition) is 0. The van der Waals surface area contributed by atoms with Gasteiger partial charge in [-0.1, -0.05) is 13.3 Å². The average Bonchev–Trinajstić information content (AvgIpc) is 1.35. The third-order valence-electron chi connectivity index (χ3n) is 0.697. The molecule has 41 valence electrons. The van der Waals surface area contributed by atoms with Gasteiger partial charge < -0.3 is 19.8 Å². The van der Waals surface area contributed by atoms with E-state index in [1.807, 2.05) is 0 Å². The molecule has 0 spiro atoms. The fourth-order valence-electron chi connectivity index (χ4n) is 0.408. The molecule has 0 saturated heterocycles. The second-order valence-electron chi connectivity index (χ2n) is 1.65. The van der Waals surface area contributed by atoms with Gasteiger partial charge in [0.25, 0.3) is 0 Å². The van der Waals surface area contributed by atoms with E-state index in [2.05, 4.69) is 20.8 Å². The number of hydrogen-bond acceptors (Lipinski definition) is 0. The van der Waals surface area contributed by atoms with Crippen molar-refractivity contribution < 1.29 is 32.7 Å². The molecule has 0 amide bonds. The van der Waals surface area contributed by atoms with E-state index in [0.717, 1.165) is 6.42 Å². The summed E-state index contributed by atoms with van der Waals surface area (Å²) in [6.07, 6.45) is 2.36. The molecule has 0 atom stereocenters. The van der Waals surface area contributed by atoms with Crippen LogP contribution in [0.2, 0.25) is 0 Å². The molecule has 1 radical (unpaired) electrons. The van der Waals surface area contributed by atoms with E-state index in [4.69, 9.17) is 0 Å². The Morgan fingerprint density at radius 1 is 1.43 bits per heavy atom. The van der Waals surface area contributed by atoms with Gasteiger partial charge in [-0.25, -0.2) is 0 Å². The van der Waals surface area contributed by atoms with Gasteiger partial charge in [-0.2, -0.15) is 0 Å². The van der Waals surface area contributed by atoms with Crippen molar-refractivity contribution in [3.05, 3.63) is 13.8 Å². The summed E-state index contributed by atoms with van der Waals surface area (Å²) in [6.45, 7) is 9.58. The minimum Gasteiger partial charge on any atom is -0.370 e. The van der Waals surface area contributed by atoms with E-state index in [-0.39, 0.29) is 32.7 Å². The summed E-state index contributed by atoms with van der Waals surface area (Å²) in [5, 5.41) is 0. The maximum absolute atomic E-state index is 3.72. The first kappa shape index (κ1) is 11.0. The molecule has 0 aliphatic carbocycles. The molecule has 0 nitrogen and oxygen atoms in total. The van der Waals surface area contributed by atoms with Gasteiger partial charge in [0.1, 0.15) is 0 Å². The summed E-state index contributed by atoms with van der Waals surface area (Å²) in [7, 11) is 0. The van der Waals surface area contributed by atoms with E-state index in [0.29, 0.717) is 5.92 Å². The van der Waals surface area contributed by atoms with Crippen molar-refractivity contribution in [3.8, 4) is 0 Å². The zero-order valence-electron chi connectivity index (χ0n) is 4.98. The van der Waals surface area contributed by atoms with Crippen molar-refractivity contribution in [2.75, 3.05) is 0 Å². The molecule has 0 aliphatic heterocycles. The summed E-state index contributed by atoms with van der Waals surface area (Å²) in [5.41, 5.74) is 0. The fourth-order valence-corrected chi connectivity index (χ4v) is 0.408. The Balaban J connectivity index is 0. The molecule has 0 bridgehead atoms. The van der Waals surface area contributed by atoms with E-state index in [1.165, 1.54) is 6.42 Å². The second kappa shape index (κ2) is 7.10. The summed E-state index contributed by atoms with van der Waals surface area (Å²) < 4.78 is 0. The van der Waals surface area contributed by atoms with Crippen LogP contribution in [0.3, 0.4) is 0 Å². The Bertz CT molecular complexity index is 25.4. The van der Waals surface area contributed by atoms with Gasteiger partial charge in [0, 0.05) is 32.7 Å². The smallest absolute Gasteiger partial charge is 0 e. The van der Waals surface area contributed by atoms with Crippen LogP contribution in [0.5, 0.6) is 0 Å². The second-order valence-corrected chi connectivity index (χ2v) is 1.65. The minimum atomic E-state index is 0. The summed E-state index contributed by atoms with van der Waals surface area (Å²) >= 11 is 0. The molecule has 7 heavy (non-hydrogen) atoms. The van der Waals surface area contributed by atoms with Crippen molar-refractivity contribution in [2.24, 2.45) is 5.92 Å². The topological polar surface area (TPSA) is 0 Å². The Morgan fingerprint density at radius 2 is 1.86 bits per heavy atom. The molecule has 0 aromatic heterocycles. The molecule has 0 aromatic rings. The molecule has 1 heteroatoms. The van der Waals surface area contributed by atoms with Crippen LogP contribution in [0.15, 0.2) is 0 Å². The summed E-state index contributed by atoms with van der Waals surface area (Å²) in [6, 6.07) is 0. The molecule has 0 N–H and O–H groups in total. The SMILES string of the molecule is [CH2-]C([CH2-])CCC.[Y]. The summed E-state index contributed by atoms with van der Waals surface area (Å²) in [4.78, 5) is 0. The van der Waals surface area contributed by atoms with Crippen molar-refractivity contribution in [3.63, 3.8) is 0 Å². The zero-order valence-corrected chi connectivity index (χ0v) is 7.82. The standard InChI is InChI=1S/C6H12.Y/c1-4-5-6(2)3;/h6H,2-5H2,1H3;/q-2;. The normalized spacial score (nSPS) is 8.57. The van der Waals surface area contributed by atoms with Crippen molar-refractivity contribution >= 4 is 0 Å². The third-order valence-corrected chi connectivity index (χ3v) is 0.697. The maximum Gasteiger partial charge on any atom is 0 e. The van der Waals surface area contributed by atoms with E-state index in [1.54, 1.807) is 0 Å². The average molecular weight is 173 g/mol. The van der Waals surface area contributed by atoms with Gasteiger partial charge in [-0.15, -0.1) is 6.42 Å². The van der Waals surface area contributed by atoms with Crippen LogP contribution >= 0.6 is 0 Å². The van der Waals surface area contributed by atoms with Crippen molar-refractivity contribution in [2.45, 2.75) is 19.8 Å². The first-order valence-electron chi connectivity index (χ1n) is 2.43. The predicted octanol–water partition coefficient (Wildman–Crippen LogP) is 2.07. The molecule has 0 rings (SSSR count). The number of rotatable bonds is 2. The largest absolute Gasteiger partial charge is 0.370 e. The van der Waals surface area contributed by atoms with Crippen LogP contribution in [0.4, 0.5) is 0 Å². The van der Waals surface area contributed by atoms with Gasteiger partial charge >= 0.3 is 0 Å². The summed E-state index contributed by atoms with van der Waals surface area (Å²) in [5.74, 6) is 0.398. The quantitative estimate of drug-likeness (QED) is 0.560.